The van der Waals surface area contributed by atoms with Gasteiger partial charge in [0, 0.05) is 5.92 Å². The molecule has 2 aliphatic rings. The highest BCUT2D eigenvalue weighted by Crippen LogP contribution is 2.39. The van der Waals surface area contributed by atoms with Crippen molar-refractivity contribution in [2.45, 2.75) is 63.8 Å². The Hall–Kier alpha value is -1.72. The summed E-state index contributed by atoms with van der Waals surface area (Å²) in [4.78, 5) is 9.12. The van der Waals surface area contributed by atoms with Crippen molar-refractivity contribution in [3.8, 4) is 0 Å². The Morgan fingerprint density at radius 1 is 1.10 bits per heavy atom. The Morgan fingerprint density at radius 3 is 2.57 bits per heavy atom. The lowest BCUT2D eigenvalue weighted by Crippen LogP contribution is -2.20. The largest absolute Gasteiger partial charge is 0.382 e. The Balaban J connectivity index is 1.73. The minimum Gasteiger partial charge on any atom is -0.382 e. The summed E-state index contributed by atoms with van der Waals surface area (Å²) < 4.78 is 1.98. The van der Waals surface area contributed by atoms with Gasteiger partial charge in [0.05, 0.1) is 6.04 Å². The van der Waals surface area contributed by atoms with Crippen LogP contribution in [0.2, 0.25) is 0 Å². The molecule has 2 aromatic heterocycles. The van der Waals surface area contributed by atoms with E-state index in [1.54, 1.807) is 0 Å². The van der Waals surface area contributed by atoms with Crippen molar-refractivity contribution in [2.24, 2.45) is 5.92 Å². The highest BCUT2D eigenvalue weighted by Gasteiger charge is 2.30. The fourth-order valence-corrected chi connectivity index (χ4v) is 3.48. The summed E-state index contributed by atoms with van der Waals surface area (Å²) in [6.45, 7) is 2.24. The number of aromatic nitrogens is 5. The number of nitrogens with two attached hydrogens (primary N) is 1. The summed E-state index contributed by atoms with van der Waals surface area (Å²) in [7, 11) is 0. The predicted molar refractivity (Wildman–Crippen MR) is 80.8 cm³/mol. The molecule has 0 aromatic carbocycles. The van der Waals surface area contributed by atoms with Crippen LogP contribution in [0.25, 0.3) is 11.2 Å². The Labute approximate surface area is 124 Å². The topological polar surface area (TPSA) is 82.5 Å². The number of nitrogen functional groups attached to an aromatic ring is 1. The molecule has 1 atom stereocenters. The van der Waals surface area contributed by atoms with E-state index in [9.17, 15) is 0 Å². The lowest BCUT2D eigenvalue weighted by Gasteiger charge is -2.27. The number of hydrogen-bond donors (Lipinski definition) is 1. The van der Waals surface area contributed by atoms with E-state index in [0.717, 1.165) is 11.5 Å². The highest BCUT2D eigenvalue weighted by atomic mass is 15.5. The number of rotatable bonds is 3. The van der Waals surface area contributed by atoms with Gasteiger partial charge in [-0.1, -0.05) is 24.5 Å². The lowest BCUT2D eigenvalue weighted by atomic mass is 9.84. The van der Waals surface area contributed by atoms with E-state index in [-0.39, 0.29) is 0 Å². The molecule has 21 heavy (non-hydrogen) atoms. The molecule has 2 heterocycles. The summed E-state index contributed by atoms with van der Waals surface area (Å²) >= 11 is 0. The summed E-state index contributed by atoms with van der Waals surface area (Å²) in [5.74, 6) is 2.51. The molecule has 0 aliphatic heterocycles. The second kappa shape index (κ2) is 4.93. The smallest absolute Gasteiger partial charge is 0.184 e. The molecule has 2 fully saturated rings. The second-order valence-electron chi connectivity index (χ2n) is 6.59. The van der Waals surface area contributed by atoms with Crippen molar-refractivity contribution < 1.29 is 0 Å². The van der Waals surface area contributed by atoms with Crippen LogP contribution in [0, 0.1) is 5.92 Å². The minimum atomic E-state index is 0.330. The number of hydrogen-bond acceptors (Lipinski definition) is 5. The van der Waals surface area contributed by atoms with Crippen molar-refractivity contribution in [1.29, 1.82) is 0 Å². The Morgan fingerprint density at radius 2 is 1.86 bits per heavy atom. The van der Waals surface area contributed by atoms with Gasteiger partial charge in [-0.2, -0.15) is 0 Å². The van der Waals surface area contributed by atoms with Crippen molar-refractivity contribution in [2.75, 3.05) is 5.73 Å². The first kappa shape index (κ1) is 13.0. The average molecular weight is 286 g/mol. The maximum atomic E-state index is 6.05. The average Bonchev–Trinajstić information content (AvgIpc) is 3.27. The third-order valence-corrected chi connectivity index (χ3v) is 5.03. The molecule has 4 rings (SSSR count). The van der Waals surface area contributed by atoms with E-state index in [1.807, 2.05) is 4.68 Å². The minimum absolute atomic E-state index is 0.330. The molecule has 6 heteroatoms. The molecule has 2 aromatic rings. The third kappa shape index (κ3) is 2.26. The zero-order chi connectivity index (χ0) is 14.4. The molecule has 6 nitrogen and oxygen atoms in total. The van der Waals surface area contributed by atoms with Crippen LogP contribution in [0.1, 0.15) is 69.7 Å². The first-order valence-corrected chi connectivity index (χ1v) is 8.12. The monoisotopic (exact) mass is 286 g/mol. The Kier molecular flexibility index (Phi) is 3.05. The zero-order valence-electron chi connectivity index (χ0n) is 12.5. The number of fused-ring (bicyclic) bond motifs is 1. The van der Waals surface area contributed by atoms with Crippen molar-refractivity contribution >= 4 is 17.0 Å². The SMILES string of the molecule is C[C@@H](C1CCCCC1)n1nnc2c(N)nc(C3CC3)nc21. The summed E-state index contributed by atoms with van der Waals surface area (Å²) in [5, 5.41) is 8.55. The molecular weight excluding hydrogens is 264 g/mol. The van der Waals surface area contributed by atoms with Crippen molar-refractivity contribution in [3.63, 3.8) is 0 Å². The second-order valence-corrected chi connectivity index (χ2v) is 6.59. The van der Waals surface area contributed by atoms with Crippen LogP contribution in [-0.4, -0.2) is 25.0 Å². The molecule has 2 aliphatic carbocycles. The van der Waals surface area contributed by atoms with Gasteiger partial charge < -0.3 is 5.73 Å². The van der Waals surface area contributed by atoms with Crippen LogP contribution < -0.4 is 5.73 Å². The van der Waals surface area contributed by atoms with Crippen LogP contribution >= 0.6 is 0 Å². The molecule has 0 unspecified atom stereocenters. The van der Waals surface area contributed by atoms with Crippen LogP contribution in [0.15, 0.2) is 0 Å². The fraction of sp³-hybridized carbons (Fsp3) is 0.733. The first-order valence-electron chi connectivity index (χ1n) is 8.12. The van der Waals surface area contributed by atoms with E-state index in [2.05, 4.69) is 22.2 Å². The van der Waals surface area contributed by atoms with Crippen LogP contribution in [0.5, 0.6) is 0 Å². The van der Waals surface area contributed by atoms with Gasteiger partial charge in [0.15, 0.2) is 17.0 Å². The van der Waals surface area contributed by atoms with Crippen molar-refractivity contribution in [1.82, 2.24) is 25.0 Å². The van der Waals surface area contributed by atoms with Gasteiger partial charge in [0.1, 0.15) is 5.82 Å². The van der Waals surface area contributed by atoms with Gasteiger partial charge in [0.2, 0.25) is 0 Å². The maximum absolute atomic E-state index is 6.05. The standard InChI is InChI=1S/C15H22N6/c1-9(10-5-3-2-4-6-10)21-15-12(19-20-21)13(16)17-14(18-15)11-7-8-11/h9-11H,2-8H2,1H3,(H2,16,17,18)/t9-/m0/s1. The molecule has 112 valence electrons. The molecule has 0 amide bonds. The summed E-state index contributed by atoms with van der Waals surface area (Å²) in [5.41, 5.74) is 7.52. The van der Waals surface area contributed by atoms with Crippen molar-refractivity contribution in [3.05, 3.63) is 5.82 Å². The molecule has 0 saturated heterocycles. The van der Waals surface area contributed by atoms with E-state index >= 15 is 0 Å². The Bertz CT molecular complexity index is 653. The van der Waals surface area contributed by atoms with Gasteiger partial charge in [-0.25, -0.2) is 14.6 Å². The molecular formula is C15H22N6. The number of anilines is 1. The third-order valence-electron chi connectivity index (χ3n) is 5.03. The van der Waals surface area contributed by atoms with Crippen LogP contribution in [0.4, 0.5) is 5.82 Å². The number of nitrogens with zero attached hydrogens (tertiary/aromatic N) is 5. The molecule has 0 bridgehead atoms. The van der Waals surface area contributed by atoms with Gasteiger partial charge in [-0.15, -0.1) is 5.10 Å². The van der Waals surface area contributed by atoms with Gasteiger partial charge in [-0.3, -0.25) is 0 Å². The molecule has 2 N–H and O–H groups in total. The van der Waals surface area contributed by atoms with Gasteiger partial charge >= 0.3 is 0 Å². The molecule has 2 saturated carbocycles. The lowest BCUT2D eigenvalue weighted by molar-refractivity contribution is 0.251. The highest BCUT2D eigenvalue weighted by molar-refractivity contribution is 5.80. The van der Waals surface area contributed by atoms with Crippen LogP contribution in [0.3, 0.4) is 0 Å². The van der Waals surface area contributed by atoms with Gasteiger partial charge in [0.25, 0.3) is 0 Å². The van der Waals surface area contributed by atoms with E-state index in [0.29, 0.717) is 29.2 Å². The molecule has 0 radical (unpaired) electrons. The normalized spacial score (nSPS) is 21.8. The first-order chi connectivity index (χ1) is 10.2. The predicted octanol–water partition coefficient (Wildman–Crippen LogP) is 2.82. The maximum Gasteiger partial charge on any atom is 0.184 e. The molecule has 0 spiro atoms. The summed E-state index contributed by atoms with van der Waals surface area (Å²) in [6, 6.07) is 0.330. The fourth-order valence-electron chi connectivity index (χ4n) is 3.48. The zero-order valence-corrected chi connectivity index (χ0v) is 12.5. The van der Waals surface area contributed by atoms with Gasteiger partial charge in [-0.05, 0) is 38.5 Å². The quantitative estimate of drug-likeness (QED) is 0.938. The van der Waals surface area contributed by atoms with Crippen LogP contribution in [-0.2, 0) is 0 Å². The van der Waals surface area contributed by atoms with E-state index in [4.69, 9.17) is 10.7 Å². The van der Waals surface area contributed by atoms with E-state index < -0.39 is 0 Å². The van der Waals surface area contributed by atoms with E-state index in [1.165, 1.54) is 44.9 Å². The summed E-state index contributed by atoms with van der Waals surface area (Å²) in [6.07, 6.45) is 8.91.